The van der Waals surface area contributed by atoms with E-state index in [-0.39, 0.29) is 55.4 Å². The van der Waals surface area contributed by atoms with Crippen LogP contribution in [-0.4, -0.2) is 65.2 Å². The maximum Gasteiger partial charge on any atom is 0.264 e. The van der Waals surface area contributed by atoms with E-state index in [0.29, 0.717) is 20.6 Å². The molecule has 4 aromatic rings. The van der Waals surface area contributed by atoms with Crippen LogP contribution in [0.4, 0.5) is 11.6 Å². The second-order valence-corrected chi connectivity index (χ2v) is 14.9. The van der Waals surface area contributed by atoms with Gasteiger partial charge in [0.2, 0.25) is 5.95 Å². The fourth-order valence-corrected chi connectivity index (χ4v) is 8.51. The van der Waals surface area contributed by atoms with E-state index in [1.54, 1.807) is 36.1 Å². The van der Waals surface area contributed by atoms with Gasteiger partial charge in [-0.15, -0.1) is 11.3 Å². The van der Waals surface area contributed by atoms with Crippen molar-refractivity contribution in [1.29, 1.82) is 0 Å². The zero-order valence-electron chi connectivity index (χ0n) is 22.2. The molecule has 1 unspecified atom stereocenters. The van der Waals surface area contributed by atoms with E-state index >= 15 is 0 Å². The predicted octanol–water partition coefficient (Wildman–Crippen LogP) is 5.80. The molecule has 6 rings (SSSR count). The molecular weight excluding hydrogens is 685 g/mol. The van der Waals surface area contributed by atoms with Crippen LogP contribution in [0.25, 0.3) is 0 Å². The molecule has 0 bridgehead atoms. The zero-order chi connectivity index (χ0) is 29.8. The molecule has 2 aliphatic heterocycles. The van der Waals surface area contributed by atoms with Crippen LogP contribution in [0.2, 0.25) is 10.0 Å². The number of piperazine rings is 1. The summed E-state index contributed by atoms with van der Waals surface area (Å²) in [7, 11) is -4.10. The van der Waals surface area contributed by atoms with Crippen LogP contribution >= 0.6 is 50.5 Å². The summed E-state index contributed by atoms with van der Waals surface area (Å²) >= 11 is 17.4. The smallest absolute Gasteiger partial charge is 0.264 e. The van der Waals surface area contributed by atoms with Crippen molar-refractivity contribution < 1.29 is 18.0 Å². The number of carbonyl (C=O) groups is 2. The Labute approximate surface area is 265 Å². The van der Waals surface area contributed by atoms with Crippen molar-refractivity contribution >= 4 is 83.9 Å². The number of benzene rings is 2. The van der Waals surface area contributed by atoms with Gasteiger partial charge in [-0.05, 0) is 54.3 Å². The molecule has 2 aromatic heterocycles. The quantitative estimate of drug-likeness (QED) is 0.253. The van der Waals surface area contributed by atoms with Gasteiger partial charge in [0.1, 0.15) is 5.54 Å². The minimum Gasteiger partial charge on any atom is -0.335 e. The van der Waals surface area contributed by atoms with E-state index < -0.39 is 15.6 Å². The highest BCUT2D eigenvalue weighted by atomic mass is 79.9. The molecule has 0 radical (unpaired) electrons. The van der Waals surface area contributed by atoms with Crippen LogP contribution in [0.5, 0.6) is 0 Å². The van der Waals surface area contributed by atoms with E-state index in [2.05, 4.69) is 20.9 Å². The van der Waals surface area contributed by atoms with Crippen LogP contribution in [0.3, 0.4) is 0 Å². The molecule has 14 heteroatoms. The first kappa shape index (κ1) is 29.3. The molecule has 2 amide bonds. The molecule has 0 saturated carbocycles. The molecule has 1 atom stereocenters. The number of anilines is 2. The summed E-state index contributed by atoms with van der Waals surface area (Å²) in [6.07, 6.45) is 1.50. The summed E-state index contributed by atoms with van der Waals surface area (Å²) in [5.74, 6) is -0.325. The number of thiophene rings is 1. The number of hydrogen-bond acceptors (Lipinski definition) is 6. The predicted molar refractivity (Wildman–Crippen MR) is 166 cm³/mol. The number of nitrogens with zero attached hydrogens (tertiary/aromatic N) is 5. The van der Waals surface area contributed by atoms with Gasteiger partial charge < -0.3 is 4.90 Å². The lowest BCUT2D eigenvalue weighted by molar-refractivity contribution is -0.124. The number of amides is 2. The van der Waals surface area contributed by atoms with Crippen molar-refractivity contribution in [2.75, 3.05) is 31.1 Å². The molecule has 218 valence electrons. The Kier molecular flexibility index (Phi) is 7.73. The third-order valence-corrected chi connectivity index (χ3v) is 11.2. The Bertz CT molecular complexity index is 1770. The van der Waals surface area contributed by atoms with Gasteiger partial charge in [0.15, 0.2) is 5.03 Å². The Morgan fingerprint density at radius 2 is 1.71 bits per heavy atom. The molecular formula is C28H24BrCl2N5O4S2. The van der Waals surface area contributed by atoms with Gasteiger partial charge in [0, 0.05) is 47.1 Å². The van der Waals surface area contributed by atoms with E-state index in [1.165, 1.54) is 31.3 Å². The molecule has 0 spiro atoms. The minimum atomic E-state index is -4.10. The van der Waals surface area contributed by atoms with Crippen molar-refractivity contribution in [3.05, 3.63) is 91.1 Å². The van der Waals surface area contributed by atoms with Gasteiger partial charge in [-0.25, -0.2) is 18.3 Å². The van der Waals surface area contributed by atoms with E-state index in [4.69, 9.17) is 23.2 Å². The van der Waals surface area contributed by atoms with Crippen molar-refractivity contribution in [3.8, 4) is 0 Å². The Hall–Kier alpha value is -2.74. The lowest BCUT2D eigenvalue weighted by Crippen LogP contribution is -2.51. The van der Waals surface area contributed by atoms with Crippen molar-refractivity contribution in [2.24, 2.45) is 0 Å². The van der Waals surface area contributed by atoms with Crippen LogP contribution in [0.1, 0.15) is 22.2 Å². The summed E-state index contributed by atoms with van der Waals surface area (Å²) in [6, 6.07) is 15.8. The van der Waals surface area contributed by atoms with Gasteiger partial charge in [-0.2, -0.15) is 4.31 Å². The summed E-state index contributed by atoms with van der Waals surface area (Å²) in [6.45, 7) is 2.44. The molecule has 9 nitrogen and oxygen atoms in total. The van der Waals surface area contributed by atoms with Gasteiger partial charge in [0.25, 0.3) is 21.8 Å². The van der Waals surface area contributed by atoms with Crippen LogP contribution in [-0.2, 0) is 26.8 Å². The third kappa shape index (κ3) is 5.07. The van der Waals surface area contributed by atoms with Crippen molar-refractivity contribution in [1.82, 2.24) is 18.8 Å². The Morgan fingerprint density at radius 1 is 1.05 bits per heavy atom. The summed E-state index contributed by atoms with van der Waals surface area (Å²) in [5.41, 5.74) is -0.120. The molecule has 42 heavy (non-hydrogen) atoms. The van der Waals surface area contributed by atoms with Crippen molar-refractivity contribution in [2.45, 2.75) is 23.9 Å². The number of carbonyl (C=O) groups excluding carboxylic acids is 2. The molecule has 1 saturated heterocycles. The molecule has 1 fully saturated rings. The lowest BCUT2D eigenvalue weighted by Gasteiger charge is -2.34. The summed E-state index contributed by atoms with van der Waals surface area (Å²) in [5, 5.41) is 2.39. The number of imidazole rings is 1. The van der Waals surface area contributed by atoms with Crippen LogP contribution < -0.4 is 4.90 Å². The topological polar surface area (TPSA) is 95.8 Å². The SMILES string of the molecule is CC1(Cc2ccc(Br)cc2)C(=O)N(c2cc(Cl)cc(Cl)c2)c2ncc(S(=O)(=O)N3CCN(C(=O)c4cccs4)CC3)n21. The molecule has 2 aliphatic rings. The van der Waals surface area contributed by atoms with E-state index in [0.717, 1.165) is 10.0 Å². The number of halogens is 3. The van der Waals surface area contributed by atoms with Crippen LogP contribution in [0, 0.1) is 0 Å². The number of rotatable bonds is 6. The van der Waals surface area contributed by atoms with Gasteiger partial charge in [0.05, 0.1) is 16.8 Å². The van der Waals surface area contributed by atoms with E-state index in [1.807, 2.05) is 35.7 Å². The monoisotopic (exact) mass is 707 g/mol. The molecule has 4 heterocycles. The maximum absolute atomic E-state index is 14.2. The maximum atomic E-state index is 14.2. The highest BCUT2D eigenvalue weighted by Gasteiger charge is 2.52. The number of fused-ring (bicyclic) bond motifs is 1. The highest BCUT2D eigenvalue weighted by Crippen LogP contribution is 2.45. The van der Waals surface area contributed by atoms with Gasteiger partial charge >= 0.3 is 0 Å². The second-order valence-electron chi connectivity index (χ2n) is 10.3. The standard InChI is InChI=1S/C28H24BrCl2N5O4S2/c1-28(16-18-4-6-19(29)7-5-18)26(38)35(22-14-20(30)13-21(31)15-22)27-32-17-24(36(27)28)42(39,40)34-10-8-33(9-11-34)25(37)23-3-2-12-41-23/h2-7,12-15,17H,8-11,16H2,1H3. The average Bonchev–Trinajstić information content (AvgIpc) is 3.69. The van der Waals surface area contributed by atoms with Crippen molar-refractivity contribution in [3.63, 3.8) is 0 Å². The summed E-state index contributed by atoms with van der Waals surface area (Å²) in [4.78, 5) is 35.2. The lowest BCUT2D eigenvalue weighted by atomic mass is 9.92. The van der Waals surface area contributed by atoms with E-state index in [9.17, 15) is 18.0 Å². The zero-order valence-corrected chi connectivity index (χ0v) is 26.9. The fraction of sp³-hybridized carbons (Fsp3) is 0.250. The first-order valence-electron chi connectivity index (χ1n) is 13.0. The molecule has 2 aromatic carbocycles. The average molecular weight is 709 g/mol. The fourth-order valence-electron chi connectivity index (χ4n) is 5.43. The van der Waals surface area contributed by atoms with Crippen LogP contribution in [0.15, 0.2) is 75.7 Å². The number of hydrogen-bond donors (Lipinski definition) is 0. The number of aromatic nitrogens is 2. The minimum absolute atomic E-state index is 0.0980. The first-order valence-corrected chi connectivity index (χ1v) is 16.8. The third-order valence-electron chi connectivity index (χ3n) is 7.50. The molecule has 0 aliphatic carbocycles. The first-order chi connectivity index (χ1) is 20.0. The number of sulfonamides is 1. The van der Waals surface area contributed by atoms with Gasteiger partial charge in [-0.3, -0.25) is 14.2 Å². The largest absolute Gasteiger partial charge is 0.335 e. The second kappa shape index (κ2) is 11.1. The normalized spacial score (nSPS) is 19.4. The Morgan fingerprint density at radius 3 is 2.33 bits per heavy atom. The summed E-state index contributed by atoms with van der Waals surface area (Å²) < 4.78 is 32.0. The van der Waals surface area contributed by atoms with Gasteiger partial charge in [-0.1, -0.05) is 57.3 Å². The Balaban J connectivity index is 1.38. The molecule has 0 N–H and O–H groups in total. The highest BCUT2D eigenvalue weighted by molar-refractivity contribution is 9.10.